The lowest BCUT2D eigenvalue weighted by molar-refractivity contribution is -0.131. The molecule has 0 saturated heterocycles. The Labute approximate surface area is 128 Å². The van der Waals surface area contributed by atoms with Crippen LogP contribution >= 0.6 is 15.9 Å². The summed E-state index contributed by atoms with van der Waals surface area (Å²) in [6.45, 7) is 7.18. The highest BCUT2D eigenvalue weighted by Gasteiger charge is 2.19. The van der Waals surface area contributed by atoms with Gasteiger partial charge in [0, 0.05) is 30.2 Å². The number of carbonyl (C=O) groups excluding carboxylic acids is 2. The van der Waals surface area contributed by atoms with Gasteiger partial charge in [-0.1, -0.05) is 22.0 Å². The van der Waals surface area contributed by atoms with Crippen LogP contribution in [0, 0.1) is 6.92 Å². The average Bonchev–Trinajstić information content (AvgIpc) is 2.42. The second kappa shape index (κ2) is 7.43. The van der Waals surface area contributed by atoms with Gasteiger partial charge in [-0.2, -0.15) is 0 Å². The summed E-state index contributed by atoms with van der Waals surface area (Å²) in [6, 6.07) is 5.57. The van der Waals surface area contributed by atoms with Gasteiger partial charge in [0.2, 0.25) is 5.91 Å². The maximum Gasteiger partial charge on any atom is 0.254 e. The predicted octanol–water partition coefficient (Wildman–Crippen LogP) is 2.70. The van der Waals surface area contributed by atoms with Crippen molar-refractivity contribution in [1.29, 1.82) is 0 Å². The molecule has 0 N–H and O–H groups in total. The fourth-order valence-electron chi connectivity index (χ4n) is 1.98. The molecule has 0 saturated carbocycles. The molecule has 1 rings (SSSR count). The summed E-state index contributed by atoms with van der Waals surface area (Å²) in [5.41, 5.74) is 1.52. The Hall–Kier alpha value is -1.36. The molecule has 4 nitrogen and oxygen atoms in total. The molecule has 0 unspecified atom stereocenters. The maximum absolute atomic E-state index is 12.4. The minimum atomic E-state index is -0.135. The molecule has 1 aromatic rings. The number of nitrogens with zero attached hydrogens (tertiary/aromatic N) is 2. The number of hydrogen-bond acceptors (Lipinski definition) is 2. The van der Waals surface area contributed by atoms with Crippen LogP contribution in [0.25, 0.3) is 0 Å². The maximum atomic E-state index is 12.4. The molecule has 20 heavy (non-hydrogen) atoms. The van der Waals surface area contributed by atoms with Crippen molar-refractivity contribution >= 4 is 27.7 Å². The predicted molar refractivity (Wildman–Crippen MR) is 83.8 cm³/mol. The minimum Gasteiger partial charge on any atom is -0.342 e. The quantitative estimate of drug-likeness (QED) is 0.826. The molecule has 0 bridgehead atoms. The molecule has 0 aromatic heterocycles. The molecule has 0 spiro atoms. The summed E-state index contributed by atoms with van der Waals surface area (Å²) in [5.74, 6) is -0.164. The van der Waals surface area contributed by atoms with E-state index in [0.29, 0.717) is 18.7 Å². The molecule has 1 aromatic carbocycles. The van der Waals surface area contributed by atoms with E-state index < -0.39 is 0 Å². The highest BCUT2D eigenvalue weighted by Crippen LogP contribution is 2.17. The third kappa shape index (κ3) is 4.07. The van der Waals surface area contributed by atoms with E-state index in [9.17, 15) is 9.59 Å². The Morgan fingerprint density at radius 2 is 1.80 bits per heavy atom. The van der Waals surface area contributed by atoms with Crippen LogP contribution < -0.4 is 0 Å². The fraction of sp³-hybridized carbons (Fsp3) is 0.467. The van der Waals surface area contributed by atoms with Gasteiger partial charge in [0.15, 0.2) is 0 Å². The summed E-state index contributed by atoms with van der Waals surface area (Å²) in [6.07, 6.45) is 0. The smallest absolute Gasteiger partial charge is 0.254 e. The average molecular weight is 341 g/mol. The van der Waals surface area contributed by atoms with Crippen LogP contribution in [0.2, 0.25) is 0 Å². The van der Waals surface area contributed by atoms with Crippen molar-refractivity contribution in [3.8, 4) is 0 Å². The second-order valence-electron chi connectivity index (χ2n) is 4.69. The molecule has 110 valence electrons. The van der Waals surface area contributed by atoms with Gasteiger partial charge in [0.05, 0.1) is 6.54 Å². The van der Waals surface area contributed by atoms with Gasteiger partial charge >= 0.3 is 0 Å². The summed E-state index contributed by atoms with van der Waals surface area (Å²) in [5, 5.41) is 0. The van der Waals surface area contributed by atoms with E-state index in [1.807, 2.05) is 32.9 Å². The number of likely N-dealkylation sites (N-methyl/N-ethyl adjacent to an activating group) is 2. The topological polar surface area (TPSA) is 40.6 Å². The van der Waals surface area contributed by atoms with Gasteiger partial charge in [0.25, 0.3) is 5.91 Å². The van der Waals surface area contributed by atoms with Gasteiger partial charge in [0.1, 0.15) is 0 Å². The van der Waals surface area contributed by atoms with Crippen molar-refractivity contribution in [3.05, 3.63) is 33.8 Å². The minimum absolute atomic E-state index is 0.0292. The molecular formula is C15H21BrN2O2. The van der Waals surface area contributed by atoms with Gasteiger partial charge in [-0.3, -0.25) is 9.59 Å². The third-order valence-electron chi connectivity index (χ3n) is 3.27. The van der Waals surface area contributed by atoms with Crippen LogP contribution in [0.5, 0.6) is 0 Å². The number of rotatable bonds is 5. The molecule has 5 heteroatoms. The third-order valence-corrected chi connectivity index (χ3v) is 3.76. The molecule has 0 heterocycles. The summed E-state index contributed by atoms with van der Waals surface area (Å²) in [7, 11) is 1.66. The van der Waals surface area contributed by atoms with Gasteiger partial charge in [-0.15, -0.1) is 0 Å². The first-order valence-electron chi connectivity index (χ1n) is 6.70. The van der Waals surface area contributed by atoms with Gasteiger partial charge in [-0.05, 0) is 38.5 Å². The molecule has 0 fully saturated rings. The van der Waals surface area contributed by atoms with Crippen molar-refractivity contribution < 1.29 is 9.59 Å². The Kier molecular flexibility index (Phi) is 6.20. The van der Waals surface area contributed by atoms with E-state index in [1.165, 1.54) is 4.90 Å². The first-order chi connectivity index (χ1) is 9.40. The molecule has 0 aliphatic carbocycles. The molecular weight excluding hydrogens is 320 g/mol. The van der Waals surface area contributed by atoms with Crippen LogP contribution in [0.1, 0.15) is 29.8 Å². The van der Waals surface area contributed by atoms with Crippen LogP contribution in [0.3, 0.4) is 0 Å². The van der Waals surface area contributed by atoms with Crippen LogP contribution in [-0.4, -0.2) is 48.3 Å². The van der Waals surface area contributed by atoms with Crippen molar-refractivity contribution in [3.63, 3.8) is 0 Å². The van der Waals surface area contributed by atoms with Gasteiger partial charge in [-0.25, -0.2) is 0 Å². The van der Waals surface area contributed by atoms with Gasteiger partial charge < -0.3 is 9.80 Å². The standard InChI is InChI=1S/C15H21BrN2O2/c1-5-18(6-2)14(19)10-17(4)15(20)13-9-12(16)8-7-11(13)3/h7-9H,5-6,10H2,1-4H3. The SMILES string of the molecule is CCN(CC)C(=O)CN(C)C(=O)c1cc(Br)ccc1C. The van der Waals surface area contributed by atoms with E-state index in [-0.39, 0.29) is 18.4 Å². The second-order valence-corrected chi connectivity index (χ2v) is 5.60. The Morgan fingerprint density at radius 1 is 1.20 bits per heavy atom. The van der Waals surface area contributed by atoms with Crippen LogP contribution in [0.4, 0.5) is 0 Å². The number of amides is 2. The normalized spacial score (nSPS) is 10.2. The molecule has 0 radical (unpaired) electrons. The number of halogens is 1. The number of aryl methyl sites for hydroxylation is 1. The zero-order valence-electron chi connectivity index (χ0n) is 12.4. The summed E-state index contributed by atoms with van der Waals surface area (Å²) >= 11 is 3.36. The lowest BCUT2D eigenvalue weighted by Gasteiger charge is -2.23. The van der Waals surface area contributed by atoms with Crippen molar-refractivity contribution in [2.45, 2.75) is 20.8 Å². The fourth-order valence-corrected chi connectivity index (χ4v) is 2.34. The monoisotopic (exact) mass is 340 g/mol. The van der Waals surface area contributed by atoms with E-state index >= 15 is 0 Å². The highest BCUT2D eigenvalue weighted by atomic mass is 79.9. The zero-order chi connectivity index (χ0) is 15.3. The first kappa shape index (κ1) is 16.7. The number of hydrogen-bond donors (Lipinski definition) is 0. The van der Waals surface area contributed by atoms with E-state index in [4.69, 9.17) is 0 Å². The van der Waals surface area contributed by atoms with E-state index in [2.05, 4.69) is 15.9 Å². The van der Waals surface area contributed by atoms with Crippen molar-refractivity contribution in [2.24, 2.45) is 0 Å². The number of carbonyl (C=O) groups is 2. The van der Waals surface area contributed by atoms with Crippen LogP contribution in [-0.2, 0) is 4.79 Å². The molecule has 0 atom stereocenters. The molecule has 0 aliphatic rings. The largest absolute Gasteiger partial charge is 0.342 e. The van der Waals surface area contributed by atoms with Crippen LogP contribution in [0.15, 0.2) is 22.7 Å². The Morgan fingerprint density at radius 3 is 2.35 bits per heavy atom. The van der Waals surface area contributed by atoms with E-state index in [1.54, 1.807) is 18.0 Å². The Bertz CT molecular complexity index is 499. The number of benzene rings is 1. The van der Waals surface area contributed by atoms with Crippen molar-refractivity contribution in [2.75, 3.05) is 26.7 Å². The van der Waals surface area contributed by atoms with Crippen molar-refractivity contribution in [1.82, 2.24) is 9.80 Å². The lowest BCUT2D eigenvalue weighted by Crippen LogP contribution is -2.41. The lowest BCUT2D eigenvalue weighted by atomic mass is 10.1. The summed E-state index contributed by atoms with van der Waals surface area (Å²) in [4.78, 5) is 27.6. The molecule has 2 amide bonds. The highest BCUT2D eigenvalue weighted by molar-refractivity contribution is 9.10. The Balaban J connectivity index is 2.82. The van der Waals surface area contributed by atoms with E-state index in [0.717, 1.165) is 10.0 Å². The zero-order valence-corrected chi connectivity index (χ0v) is 14.0. The first-order valence-corrected chi connectivity index (χ1v) is 7.49. The summed E-state index contributed by atoms with van der Waals surface area (Å²) < 4.78 is 0.856. The molecule has 0 aliphatic heterocycles.